The average Bonchev–Trinajstić information content (AvgIpc) is 2.86. The molecule has 18 heavy (non-hydrogen) atoms. The fraction of sp³-hybridized carbons (Fsp3) is 0.538. The molecule has 5 heteroatoms. The van der Waals surface area contributed by atoms with Gasteiger partial charge in [0.1, 0.15) is 10.7 Å². The summed E-state index contributed by atoms with van der Waals surface area (Å²) in [5, 5.41) is 3.48. The van der Waals surface area contributed by atoms with Gasteiger partial charge in [-0.1, -0.05) is 25.1 Å². The maximum atomic E-state index is 5.69. The lowest BCUT2D eigenvalue weighted by atomic mass is 10.1. The summed E-state index contributed by atoms with van der Waals surface area (Å²) >= 11 is 6.99. The highest BCUT2D eigenvalue weighted by Crippen LogP contribution is 2.40. The summed E-state index contributed by atoms with van der Waals surface area (Å²) in [6, 6.07) is 3.90. The van der Waals surface area contributed by atoms with Gasteiger partial charge in [-0.25, -0.2) is 0 Å². The first-order valence-corrected chi connectivity index (χ1v) is 7.84. The van der Waals surface area contributed by atoms with Crippen molar-refractivity contribution in [2.24, 2.45) is 5.73 Å². The topological polar surface area (TPSA) is 50.9 Å². The Hall–Kier alpha value is -0.810. The first-order valence-electron chi connectivity index (χ1n) is 6.21. The van der Waals surface area contributed by atoms with Gasteiger partial charge in [-0.2, -0.15) is 11.8 Å². The molecule has 1 aliphatic rings. The highest BCUT2D eigenvalue weighted by molar-refractivity contribution is 8.00. The molecule has 0 saturated heterocycles. The Labute approximate surface area is 118 Å². The number of hydrogen-bond acceptors (Lipinski definition) is 4. The summed E-state index contributed by atoms with van der Waals surface area (Å²) in [7, 11) is 0. The van der Waals surface area contributed by atoms with Crippen LogP contribution >= 0.6 is 24.0 Å². The number of aromatic nitrogens is 1. The largest absolute Gasteiger partial charge is 0.388 e. The summed E-state index contributed by atoms with van der Waals surface area (Å²) in [6.45, 7) is 0.954. The van der Waals surface area contributed by atoms with Crippen molar-refractivity contribution < 1.29 is 0 Å². The molecule has 1 aromatic rings. The predicted octanol–water partition coefficient (Wildman–Crippen LogP) is 2.80. The van der Waals surface area contributed by atoms with Gasteiger partial charge in [0.2, 0.25) is 0 Å². The normalized spacial score (nSPS) is 17.6. The van der Waals surface area contributed by atoms with Crippen molar-refractivity contribution in [3.8, 4) is 0 Å². The highest BCUT2D eigenvalue weighted by atomic mass is 32.2. The molecule has 3 nitrogen and oxygen atoms in total. The van der Waals surface area contributed by atoms with Gasteiger partial charge in [0.15, 0.2) is 0 Å². The summed E-state index contributed by atoms with van der Waals surface area (Å²) in [5.41, 5.74) is 7.33. The van der Waals surface area contributed by atoms with Crippen molar-refractivity contribution in [3.05, 3.63) is 24.0 Å². The zero-order valence-corrected chi connectivity index (χ0v) is 12.2. The molecule has 0 radical (unpaired) electrons. The van der Waals surface area contributed by atoms with E-state index >= 15 is 0 Å². The minimum Gasteiger partial charge on any atom is -0.388 e. The van der Waals surface area contributed by atoms with Gasteiger partial charge >= 0.3 is 0 Å². The van der Waals surface area contributed by atoms with E-state index in [1.165, 1.54) is 25.7 Å². The molecular weight excluding hydrogens is 262 g/mol. The van der Waals surface area contributed by atoms with Crippen LogP contribution < -0.4 is 11.1 Å². The lowest BCUT2D eigenvalue weighted by Crippen LogP contribution is -2.30. The molecule has 98 valence electrons. The second-order valence-corrected chi connectivity index (χ2v) is 6.43. The van der Waals surface area contributed by atoms with Crippen LogP contribution in [0.15, 0.2) is 18.3 Å². The molecule has 0 amide bonds. The predicted molar refractivity (Wildman–Crippen MR) is 83.3 cm³/mol. The van der Waals surface area contributed by atoms with Gasteiger partial charge in [-0.15, -0.1) is 0 Å². The minimum absolute atomic E-state index is 0.350. The van der Waals surface area contributed by atoms with Crippen LogP contribution in [0.5, 0.6) is 0 Å². The number of nitrogens with two attached hydrogens (primary N) is 1. The Balaban J connectivity index is 2.08. The van der Waals surface area contributed by atoms with Crippen LogP contribution in [-0.2, 0) is 0 Å². The molecule has 1 heterocycles. The number of nitrogens with one attached hydrogen (secondary N) is 1. The van der Waals surface area contributed by atoms with Crippen LogP contribution in [0.4, 0.5) is 5.69 Å². The van der Waals surface area contributed by atoms with E-state index in [9.17, 15) is 0 Å². The van der Waals surface area contributed by atoms with Crippen LogP contribution in [0.1, 0.15) is 31.4 Å². The van der Waals surface area contributed by atoms with Crippen LogP contribution in [0, 0.1) is 0 Å². The number of nitrogens with zero attached hydrogens (tertiary/aromatic N) is 1. The van der Waals surface area contributed by atoms with E-state index in [0.29, 0.717) is 15.4 Å². The molecule has 1 saturated carbocycles. The molecule has 1 aromatic heterocycles. The van der Waals surface area contributed by atoms with Crippen molar-refractivity contribution in [1.29, 1.82) is 0 Å². The Bertz CT molecular complexity index is 428. The van der Waals surface area contributed by atoms with Crippen molar-refractivity contribution in [3.63, 3.8) is 0 Å². The van der Waals surface area contributed by atoms with Gasteiger partial charge in [-0.05, 0) is 31.2 Å². The van der Waals surface area contributed by atoms with E-state index in [1.807, 2.05) is 23.9 Å². The van der Waals surface area contributed by atoms with Crippen molar-refractivity contribution in [2.75, 3.05) is 18.1 Å². The van der Waals surface area contributed by atoms with Crippen LogP contribution in [0.25, 0.3) is 0 Å². The van der Waals surface area contributed by atoms with Gasteiger partial charge < -0.3 is 11.1 Å². The molecule has 3 N–H and O–H groups in total. The van der Waals surface area contributed by atoms with Crippen LogP contribution in [0.3, 0.4) is 0 Å². The van der Waals surface area contributed by atoms with Crippen molar-refractivity contribution in [1.82, 2.24) is 4.98 Å². The van der Waals surface area contributed by atoms with Gasteiger partial charge in [0, 0.05) is 17.5 Å². The second kappa shape index (κ2) is 5.89. The third-order valence-corrected chi connectivity index (χ3v) is 5.20. The number of anilines is 1. The van der Waals surface area contributed by atoms with Crippen molar-refractivity contribution >= 4 is 34.7 Å². The van der Waals surface area contributed by atoms with Gasteiger partial charge in [0.05, 0.1) is 5.69 Å². The third kappa shape index (κ3) is 2.95. The first kappa shape index (κ1) is 13.6. The first-order chi connectivity index (χ1) is 8.67. The van der Waals surface area contributed by atoms with E-state index in [1.54, 1.807) is 6.20 Å². The lowest BCUT2D eigenvalue weighted by molar-refractivity contribution is 0.639. The highest BCUT2D eigenvalue weighted by Gasteiger charge is 2.32. The molecule has 0 aromatic carbocycles. The quantitative estimate of drug-likeness (QED) is 0.813. The third-order valence-electron chi connectivity index (χ3n) is 3.59. The molecule has 2 rings (SSSR count). The Morgan fingerprint density at radius 2 is 2.28 bits per heavy atom. The summed E-state index contributed by atoms with van der Waals surface area (Å²) in [5.74, 6) is 0. The maximum absolute atomic E-state index is 5.69. The van der Waals surface area contributed by atoms with Crippen LogP contribution in [0.2, 0.25) is 0 Å². The smallest absolute Gasteiger partial charge is 0.124 e. The molecule has 0 atom stereocenters. The molecule has 0 bridgehead atoms. The number of thiocarbonyl (C=S) groups is 1. The maximum Gasteiger partial charge on any atom is 0.124 e. The average molecular weight is 281 g/mol. The molecular formula is C13H19N3S2. The van der Waals surface area contributed by atoms with E-state index in [2.05, 4.69) is 16.6 Å². The number of thioether (sulfide) groups is 1. The molecule has 0 aliphatic heterocycles. The van der Waals surface area contributed by atoms with E-state index < -0.39 is 0 Å². The fourth-order valence-electron chi connectivity index (χ4n) is 2.47. The van der Waals surface area contributed by atoms with Gasteiger partial charge in [-0.3, -0.25) is 4.98 Å². The number of pyridine rings is 1. The molecule has 0 spiro atoms. The molecule has 1 fully saturated rings. The lowest BCUT2D eigenvalue weighted by Gasteiger charge is -2.27. The van der Waals surface area contributed by atoms with E-state index in [4.69, 9.17) is 18.0 Å². The summed E-state index contributed by atoms with van der Waals surface area (Å²) in [4.78, 5) is 4.59. The summed E-state index contributed by atoms with van der Waals surface area (Å²) in [6.07, 6.45) is 9.15. The van der Waals surface area contributed by atoms with Crippen molar-refractivity contribution in [2.45, 2.75) is 30.4 Å². The molecule has 1 aliphatic carbocycles. The monoisotopic (exact) mass is 281 g/mol. The zero-order valence-electron chi connectivity index (χ0n) is 10.6. The summed E-state index contributed by atoms with van der Waals surface area (Å²) < 4.78 is 0.364. The Kier molecular flexibility index (Phi) is 4.45. The SMILES string of the molecule is CSC1(CNc2cccnc2C(N)=S)CCCC1. The number of hydrogen-bond donors (Lipinski definition) is 2. The Morgan fingerprint density at radius 1 is 1.56 bits per heavy atom. The zero-order chi connectivity index (χ0) is 13.0. The van der Waals surface area contributed by atoms with E-state index in [0.717, 1.165) is 12.2 Å². The second-order valence-electron chi connectivity index (χ2n) is 4.71. The minimum atomic E-state index is 0.350. The van der Waals surface area contributed by atoms with Gasteiger partial charge in [0.25, 0.3) is 0 Å². The van der Waals surface area contributed by atoms with Crippen LogP contribution in [-0.4, -0.2) is 27.5 Å². The molecule has 0 unspecified atom stereocenters. The standard InChI is InChI=1S/C13H19N3S2/c1-18-13(6-2-3-7-13)9-16-10-5-4-8-15-11(10)12(14)17/h4-5,8,16H,2-3,6-7,9H2,1H3,(H2,14,17). The fourth-order valence-corrected chi connectivity index (χ4v) is 3.55. The number of rotatable bonds is 5. The van der Waals surface area contributed by atoms with E-state index in [-0.39, 0.29) is 0 Å². The Morgan fingerprint density at radius 3 is 2.89 bits per heavy atom.